The van der Waals surface area contributed by atoms with E-state index in [9.17, 15) is 19.2 Å². The lowest BCUT2D eigenvalue weighted by molar-refractivity contribution is -0.149. The zero-order valence-corrected chi connectivity index (χ0v) is 17.0. The van der Waals surface area contributed by atoms with Crippen molar-refractivity contribution in [3.05, 3.63) is 32.6 Å². The number of piperidine rings is 1. The van der Waals surface area contributed by atoms with Crippen molar-refractivity contribution in [1.29, 1.82) is 0 Å². The highest BCUT2D eigenvalue weighted by atomic mass is 16.5. The van der Waals surface area contributed by atoms with Crippen LogP contribution in [-0.4, -0.2) is 83.6 Å². The molecule has 2 aliphatic heterocycles. The van der Waals surface area contributed by atoms with Gasteiger partial charge in [-0.3, -0.25) is 19.4 Å². The van der Waals surface area contributed by atoms with Gasteiger partial charge >= 0.3 is 5.69 Å². The fourth-order valence-electron chi connectivity index (χ4n) is 4.19. The van der Waals surface area contributed by atoms with Crippen LogP contribution >= 0.6 is 0 Å². The Balaban J connectivity index is 1.24. The second-order valence-corrected chi connectivity index (χ2v) is 8.61. The third-order valence-corrected chi connectivity index (χ3v) is 6.17. The Kier molecular flexibility index (Phi) is 6.33. The van der Waals surface area contributed by atoms with E-state index in [0.717, 1.165) is 44.6 Å². The molecule has 30 heavy (non-hydrogen) atoms. The molecule has 4 rings (SSSR count). The lowest BCUT2D eigenvalue weighted by Crippen LogP contribution is -2.52. The average molecular weight is 419 g/mol. The highest BCUT2D eigenvalue weighted by Gasteiger charge is 2.31. The SMILES string of the molecule is O=C(NCC1CN(CC2CCN(CC3CC3)CC2)C(=O)CO1)c1c[nH]c(=O)[nH]c1=O. The van der Waals surface area contributed by atoms with Crippen molar-refractivity contribution in [2.45, 2.75) is 31.8 Å². The molecule has 2 amide bonds. The minimum atomic E-state index is -0.745. The van der Waals surface area contributed by atoms with E-state index >= 15 is 0 Å². The number of carbonyl (C=O) groups is 2. The Bertz CT molecular complexity index is 884. The zero-order valence-electron chi connectivity index (χ0n) is 17.0. The van der Waals surface area contributed by atoms with Crippen molar-refractivity contribution in [2.24, 2.45) is 11.8 Å². The largest absolute Gasteiger partial charge is 0.365 e. The molecule has 0 radical (unpaired) electrons. The molecule has 3 aliphatic rings. The number of aromatic amines is 2. The van der Waals surface area contributed by atoms with Crippen LogP contribution in [0.5, 0.6) is 0 Å². The Morgan fingerprint density at radius 2 is 1.83 bits per heavy atom. The molecule has 3 N–H and O–H groups in total. The summed E-state index contributed by atoms with van der Waals surface area (Å²) in [7, 11) is 0. The number of ether oxygens (including phenoxy) is 1. The molecule has 10 nitrogen and oxygen atoms in total. The van der Waals surface area contributed by atoms with Gasteiger partial charge in [-0.05, 0) is 50.6 Å². The molecule has 1 aliphatic carbocycles. The Morgan fingerprint density at radius 3 is 2.53 bits per heavy atom. The van der Waals surface area contributed by atoms with Crippen LogP contribution in [0.25, 0.3) is 0 Å². The van der Waals surface area contributed by atoms with E-state index in [1.165, 1.54) is 19.4 Å². The molecule has 0 bridgehead atoms. The molecule has 0 spiro atoms. The summed E-state index contributed by atoms with van der Waals surface area (Å²) in [5.41, 5.74) is -1.58. The third kappa shape index (κ3) is 5.37. The molecule has 0 aromatic carbocycles. The summed E-state index contributed by atoms with van der Waals surface area (Å²) < 4.78 is 5.56. The van der Waals surface area contributed by atoms with E-state index in [2.05, 4.69) is 15.2 Å². The number of hydrogen-bond donors (Lipinski definition) is 3. The van der Waals surface area contributed by atoms with Crippen molar-refractivity contribution < 1.29 is 14.3 Å². The smallest absolute Gasteiger partial charge is 0.325 e. The van der Waals surface area contributed by atoms with Gasteiger partial charge in [0.15, 0.2) is 0 Å². The summed E-state index contributed by atoms with van der Waals surface area (Å²) in [4.78, 5) is 55.9. The van der Waals surface area contributed by atoms with Crippen molar-refractivity contribution in [3.63, 3.8) is 0 Å². The van der Waals surface area contributed by atoms with Gasteiger partial charge in [0.1, 0.15) is 12.2 Å². The molecule has 3 fully saturated rings. The van der Waals surface area contributed by atoms with Crippen molar-refractivity contribution in [3.8, 4) is 0 Å². The zero-order chi connectivity index (χ0) is 21.1. The van der Waals surface area contributed by atoms with Gasteiger partial charge in [-0.15, -0.1) is 0 Å². The van der Waals surface area contributed by atoms with Gasteiger partial charge in [-0.25, -0.2) is 4.79 Å². The summed E-state index contributed by atoms with van der Waals surface area (Å²) in [6.45, 7) is 4.76. The van der Waals surface area contributed by atoms with E-state index in [1.54, 1.807) is 0 Å². The molecule has 1 aromatic rings. The normalized spacial score (nSPS) is 23.5. The first kappa shape index (κ1) is 20.8. The fraction of sp³-hybridized carbons (Fsp3) is 0.700. The number of nitrogens with zero attached hydrogens (tertiary/aromatic N) is 2. The monoisotopic (exact) mass is 419 g/mol. The minimum Gasteiger partial charge on any atom is -0.365 e. The predicted octanol–water partition coefficient (Wildman–Crippen LogP) is -0.858. The number of aromatic nitrogens is 2. The second kappa shape index (κ2) is 9.13. The van der Waals surface area contributed by atoms with Crippen molar-refractivity contribution in [2.75, 3.05) is 45.9 Å². The van der Waals surface area contributed by atoms with Crippen molar-refractivity contribution in [1.82, 2.24) is 25.1 Å². The summed E-state index contributed by atoms with van der Waals surface area (Å²) in [5.74, 6) is 0.792. The maximum Gasteiger partial charge on any atom is 0.325 e. The van der Waals surface area contributed by atoms with Gasteiger partial charge in [-0.2, -0.15) is 0 Å². The van der Waals surface area contributed by atoms with Crippen LogP contribution in [0.2, 0.25) is 0 Å². The number of carbonyl (C=O) groups excluding carboxylic acids is 2. The number of H-pyrrole nitrogens is 2. The predicted molar refractivity (Wildman–Crippen MR) is 108 cm³/mol. The average Bonchev–Trinajstić information content (AvgIpc) is 3.54. The quantitative estimate of drug-likeness (QED) is 0.528. The lowest BCUT2D eigenvalue weighted by Gasteiger charge is -2.38. The summed E-state index contributed by atoms with van der Waals surface area (Å²) in [6.07, 6.45) is 5.71. The molecule has 2 saturated heterocycles. The molecule has 1 unspecified atom stereocenters. The molecule has 164 valence electrons. The van der Waals surface area contributed by atoms with Gasteiger partial charge in [0.2, 0.25) is 5.91 Å². The first-order chi connectivity index (χ1) is 14.5. The second-order valence-electron chi connectivity index (χ2n) is 8.61. The van der Waals surface area contributed by atoms with Crippen molar-refractivity contribution >= 4 is 11.8 Å². The van der Waals surface area contributed by atoms with Gasteiger partial charge in [-0.1, -0.05) is 0 Å². The highest BCUT2D eigenvalue weighted by Crippen LogP contribution is 2.31. The molecule has 1 atom stereocenters. The Morgan fingerprint density at radius 1 is 1.10 bits per heavy atom. The summed E-state index contributed by atoms with van der Waals surface area (Å²) in [6, 6.07) is 0. The van der Waals surface area contributed by atoms with E-state index < -0.39 is 17.2 Å². The molecule has 1 aromatic heterocycles. The Hall–Kier alpha value is -2.46. The van der Waals surface area contributed by atoms with Gasteiger partial charge in [0, 0.05) is 32.4 Å². The number of hydrogen-bond acceptors (Lipinski definition) is 6. The van der Waals surface area contributed by atoms with E-state index in [4.69, 9.17) is 4.74 Å². The Labute approximate surface area is 174 Å². The lowest BCUT2D eigenvalue weighted by atomic mass is 9.95. The number of nitrogens with one attached hydrogen (secondary N) is 3. The number of morpholine rings is 1. The van der Waals surface area contributed by atoms with Crippen LogP contribution in [0.3, 0.4) is 0 Å². The van der Waals surface area contributed by atoms with Crippen LogP contribution in [-0.2, 0) is 9.53 Å². The maximum atomic E-state index is 12.3. The third-order valence-electron chi connectivity index (χ3n) is 6.17. The fourth-order valence-corrected chi connectivity index (χ4v) is 4.19. The molecule has 1 saturated carbocycles. The van der Waals surface area contributed by atoms with Gasteiger partial charge < -0.3 is 24.8 Å². The maximum absolute atomic E-state index is 12.3. The van der Waals surface area contributed by atoms with Crippen LogP contribution < -0.4 is 16.6 Å². The van der Waals surface area contributed by atoms with Crippen LogP contribution in [0, 0.1) is 11.8 Å². The first-order valence-electron chi connectivity index (χ1n) is 10.7. The number of likely N-dealkylation sites (tertiary alicyclic amines) is 1. The molecular weight excluding hydrogens is 390 g/mol. The van der Waals surface area contributed by atoms with Crippen LogP contribution in [0.4, 0.5) is 0 Å². The topological polar surface area (TPSA) is 128 Å². The molecular formula is C20H29N5O5. The number of amides is 2. The number of rotatable bonds is 7. The van der Waals surface area contributed by atoms with Crippen LogP contribution in [0.15, 0.2) is 15.8 Å². The molecule has 10 heteroatoms. The minimum absolute atomic E-state index is 0.000300. The van der Waals surface area contributed by atoms with E-state index in [-0.39, 0.29) is 30.7 Å². The van der Waals surface area contributed by atoms with Gasteiger partial charge in [0.05, 0.1) is 6.10 Å². The highest BCUT2D eigenvalue weighted by molar-refractivity contribution is 5.93. The van der Waals surface area contributed by atoms with E-state index in [1.807, 2.05) is 9.88 Å². The first-order valence-corrected chi connectivity index (χ1v) is 10.7. The van der Waals surface area contributed by atoms with Gasteiger partial charge in [0.25, 0.3) is 11.5 Å². The standard InChI is InChI=1S/C20H29N5O5/c26-17-12-30-15(7-21-18(27)16-8-22-20(29)23-19(16)28)11-25(17)10-14-3-5-24(6-4-14)9-13-1-2-13/h8,13-15H,1-7,9-12H2,(H,21,27)(H2,22,23,28,29). The van der Waals surface area contributed by atoms with Crippen LogP contribution in [0.1, 0.15) is 36.0 Å². The van der Waals surface area contributed by atoms with E-state index in [0.29, 0.717) is 12.5 Å². The summed E-state index contributed by atoms with van der Waals surface area (Å²) in [5, 5.41) is 2.65. The molecule has 3 heterocycles. The summed E-state index contributed by atoms with van der Waals surface area (Å²) >= 11 is 0.